The molecule has 2 aliphatic rings. The highest BCUT2D eigenvalue weighted by molar-refractivity contribution is 7.91. The summed E-state index contributed by atoms with van der Waals surface area (Å²) in [6.07, 6.45) is 6.12. The van der Waals surface area contributed by atoms with Crippen LogP contribution in [-0.4, -0.2) is 46.8 Å². The van der Waals surface area contributed by atoms with E-state index < -0.39 is 15.9 Å². The fourth-order valence-corrected chi connectivity index (χ4v) is 6.74. The van der Waals surface area contributed by atoms with Crippen molar-refractivity contribution in [2.45, 2.75) is 42.2 Å². The van der Waals surface area contributed by atoms with Gasteiger partial charge in [0.1, 0.15) is 10.0 Å². The van der Waals surface area contributed by atoms with Gasteiger partial charge in [-0.3, -0.25) is 4.79 Å². The Labute approximate surface area is 189 Å². The molecule has 5 rings (SSSR count). The fraction of sp³-hybridized carbons (Fsp3) is 0.429. The molecule has 2 fully saturated rings. The van der Waals surface area contributed by atoms with Gasteiger partial charge >= 0.3 is 0 Å². The van der Waals surface area contributed by atoms with Gasteiger partial charge in [-0.1, -0.05) is 17.6 Å². The first-order valence-corrected chi connectivity index (χ1v) is 13.0. The van der Waals surface area contributed by atoms with Crippen molar-refractivity contribution in [3.63, 3.8) is 0 Å². The van der Waals surface area contributed by atoms with Crippen molar-refractivity contribution in [2.75, 3.05) is 18.4 Å². The molecule has 168 valence electrons. The van der Waals surface area contributed by atoms with E-state index in [2.05, 4.69) is 20.4 Å². The van der Waals surface area contributed by atoms with E-state index in [4.69, 9.17) is 4.52 Å². The van der Waals surface area contributed by atoms with E-state index in [1.54, 1.807) is 35.8 Å². The molecular formula is C21H23N5O4S2. The lowest BCUT2D eigenvalue weighted by Crippen LogP contribution is -2.43. The van der Waals surface area contributed by atoms with Crippen LogP contribution in [0.5, 0.6) is 0 Å². The number of anilines is 1. The lowest BCUT2D eigenvalue weighted by atomic mass is 9.85. The number of hydrogen-bond acceptors (Lipinski definition) is 8. The summed E-state index contributed by atoms with van der Waals surface area (Å²) in [5.74, 6) is 1.17. The van der Waals surface area contributed by atoms with Crippen molar-refractivity contribution in [1.29, 1.82) is 0 Å². The molecule has 0 bridgehead atoms. The maximum absolute atomic E-state index is 13.3. The van der Waals surface area contributed by atoms with Gasteiger partial charge in [0, 0.05) is 36.1 Å². The third-order valence-corrected chi connectivity index (χ3v) is 9.28. The number of aromatic nitrogens is 3. The van der Waals surface area contributed by atoms with Crippen LogP contribution in [0.2, 0.25) is 0 Å². The molecule has 11 heteroatoms. The highest BCUT2D eigenvalue weighted by Crippen LogP contribution is 2.37. The number of carbonyl (C=O) groups excluding carboxylic acids is 1. The fourth-order valence-electron chi connectivity index (χ4n) is 3.91. The summed E-state index contributed by atoms with van der Waals surface area (Å²) < 4.78 is 33.5. The highest BCUT2D eigenvalue weighted by Gasteiger charge is 2.34. The maximum atomic E-state index is 13.3. The first-order chi connectivity index (χ1) is 15.5. The van der Waals surface area contributed by atoms with Crippen LogP contribution in [0.3, 0.4) is 0 Å². The summed E-state index contributed by atoms with van der Waals surface area (Å²) in [4.78, 5) is 21.2. The Bertz CT molecular complexity index is 1200. The van der Waals surface area contributed by atoms with Gasteiger partial charge in [-0.25, -0.2) is 13.4 Å². The average Bonchev–Trinajstić information content (AvgIpc) is 3.44. The van der Waals surface area contributed by atoms with Gasteiger partial charge in [0.25, 0.3) is 10.0 Å². The Hall–Kier alpha value is -2.63. The molecule has 3 aromatic heterocycles. The van der Waals surface area contributed by atoms with Gasteiger partial charge in [-0.15, -0.1) is 11.3 Å². The molecule has 1 atom stereocenters. The molecule has 9 nitrogen and oxygen atoms in total. The minimum Gasteiger partial charge on any atom is -0.339 e. The van der Waals surface area contributed by atoms with E-state index in [-0.39, 0.29) is 16.7 Å². The third kappa shape index (κ3) is 4.19. The van der Waals surface area contributed by atoms with Gasteiger partial charge in [0.15, 0.2) is 0 Å². The summed E-state index contributed by atoms with van der Waals surface area (Å²) in [5, 5.41) is 8.53. The van der Waals surface area contributed by atoms with E-state index in [1.165, 1.54) is 10.7 Å². The SMILES string of the molecule is O=C(Nc1ccccn1)[C@H]1CCCN(S(=O)(=O)c2cc(-c3noc(C4CCC4)n3)cs2)C1. The molecule has 1 amide bonds. The molecule has 1 saturated carbocycles. The second kappa shape index (κ2) is 8.72. The number of nitrogens with one attached hydrogen (secondary N) is 1. The smallest absolute Gasteiger partial charge is 0.252 e. The second-order valence-electron chi connectivity index (χ2n) is 8.14. The van der Waals surface area contributed by atoms with Crippen LogP contribution < -0.4 is 5.32 Å². The molecule has 1 aliphatic heterocycles. The summed E-state index contributed by atoms with van der Waals surface area (Å²) >= 11 is 1.13. The molecule has 0 unspecified atom stereocenters. The van der Waals surface area contributed by atoms with E-state index in [9.17, 15) is 13.2 Å². The Balaban J connectivity index is 1.28. The topological polar surface area (TPSA) is 118 Å². The molecular weight excluding hydrogens is 450 g/mol. The van der Waals surface area contributed by atoms with Crippen molar-refractivity contribution in [3.05, 3.63) is 41.7 Å². The Kier molecular flexibility index (Phi) is 5.78. The van der Waals surface area contributed by atoms with Crippen molar-refractivity contribution >= 4 is 33.1 Å². The zero-order chi connectivity index (χ0) is 22.1. The molecule has 32 heavy (non-hydrogen) atoms. The predicted octanol–water partition coefficient (Wildman–Crippen LogP) is 3.50. The first-order valence-electron chi connectivity index (χ1n) is 10.7. The van der Waals surface area contributed by atoms with E-state index in [0.29, 0.717) is 48.4 Å². The van der Waals surface area contributed by atoms with Crippen LogP contribution in [0.4, 0.5) is 5.82 Å². The first kappa shape index (κ1) is 21.2. The lowest BCUT2D eigenvalue weighted by molar-refractivity contribution is -0.120. The number of thiophene rings is 1. The van der Waals surface area contributed by atoms with Crippen molar-refractivity contribution in [3.8, 4) is 11.4 Å². The zero-order valence-corrected chi connectivity index (χ0v) is 18.9. The Morgan fingerprint density at radius 1 is 1.22 bits per heavy atom. The van der Waals surface area contributed by atoms with Crippen LogP contribution in [0.15, 0.2) is 44.6 Å². The molecule has 1 saturated heterocycles. The van der Waals surface area contributed by atoms with Gasteiger partial charge in [-0.05, 0) is 43.9 Å². The van der Waals surface area contributed by atoms with E-state index in [0.717, 1.165) is 24.2 Å². The van der Waals surface area contributed by atoms with Crippen LogP contribution in [0, 0.1) is 5.92 Å². The zero-order valence-electron chi connectivity index (χ0n) is 17.3. The van der Waals surface area contributed by atoms with Crippen molar-refractivity contribution in [2.24, 2.45) is 5.92 Å². The van der Waals surface area contributed by atoms with E-state index >= 15 is 0 Å². The van der Waals surface area contributed by atoms with Gasteiger partial charge in [0.05, 0.1) is 5.92 Å². The molecule has 0 radical (unpaired) electrons. The summed E-state index contributed by atoms with van der Waals surface area (Å²) in [7, 11) is -3.72. The number of carbonyl (C=O) groups is 1. The number of amides is 1. The highest BCUT2D eigenvalue weighted by atomic mass is 32.2. The minimum atomic E-state index is -3.72. The van der Waals surface area contributed by atoms with E-state index in [1.807, 2.05) is 0 Å². The minimum absolute atomic E-state index is 0.141. The summed E-state index contributed by atoms with van der Waals surface area (Å²) in [6, 6.07) is 6.85. The molecule has 0 spiro atoms. The summed E-state index contributed by atoms with van der Waals surface area (Å²) in [6.45, 7) is 0.527. The number of piperidine rings is 1. The summed E-state index contributed by atoms with van der Waals surface area (Å²) in [5.41, 5.74) is 0.629. The number of hydrogen-bond donors (Lipinski definition) is 1. The number of nitrogens with zero attached hydrogens (tertiary/aromatic N) is 4. The van der Waals surface area contributed by atoms with Crippen LogP contribution >= 0.6 is 11.3 Å². The van der Waals surface area contributed by atoms with Crippen molar-refractivity contribution < 1.29 is 17.7 Å². The predicted molar refractivity (Wildman–Crippen MR) is 119 cm³/mol. The monoisotopic (exact) mass is 473 g/mol. The lowest BCUT2D eigenvalue weighted by Gasteiger charge is -2.30. The van der Waals surface area contributed by atoms with Gasteiger partial charge in [0.2, 0.25) is 17.6 Å². The maximum Gasteiger partial charge on any atom is 0.252 e. The van der Waals surface area contributed by atoms with Crippen molar-refractivity contribution in [1.82, 2.24) is 19.4 Å². The standard InChI is InChI=1S/C21H23N5O4S2/c27-20(23-17-8-1-2-9-22-17)15-7-4-10-26(12-15)32(28,29)18-11-16(13-31-18)19-24-21(30-25-19)14-5-3-6-14/h1-2,8-9,11,13-15H,3-7,10,12H2,(H,22,23,27)/t15-/m0/s1. The average molecular weight is 474 g/mol. The quantitative estimate of drug-likeness (QED) is 0.582. The second-order valence-corrected chi connectivity index (χ2v) is 11.2. The largest absolute Gasteiger partial charge is 0.339 e. The molecule has 1 aliphatic carbocycles. The number of sulfonamides is 1. The number of pyridine rings is 1. The third-order valence-electron chi connectivity index (χ3n) is 5.99. The van der Waals surface area contributed by atoms with Crippen LogP contribution in [0.1, 0.15) is 43.9 Å². The molecule has 0 aromatic carbocycles. The Morgan fingerprint density at radius 2 is 2.09 bits per heavy atom. The normalized spacial score (nSPS) is 20.1. The van der Waals surface area contributed by atoms with Gasteiger partial charge < -0.3 is 9.84 Å². The molecule has 4 heterocycles. The van der Waals surface area contributed by atoms with Crippen LogP contribution in [-0.2, 0) is 14.8 Å². The Morgan fingerprint density at radius 3 is 2.84 bits per heavy atom. The number of rotatable bonds is 6. The van der Waals surface area contributed by atoms with Crippen LogP contribution in [0.25, 0.3) is 11.4 Å². The van der Waals surface area contributed by atoms with Gasteiger partial charge in [-0.2, -0.15) is 9.29 Å². The molecule has 1 N–H and O–H groups in total. The molecule has 3 aromatic rings.